The SMILES string of the molecule is C=CCOc1ccc([C@@H]2NC(=S)NC(C)=C2C(=O)NCc2ccccc2)cc1OC. The molecule has 30 heavy (non-hydrogen) atoms. The highest BCUT2D eigenvalue weighted by atomic mass is 32.1. The molecule has 6 nitrogen and oxygen atoms in total. The number of amides is 1. The lowest BCUT2D eigenvalue weighted by Gasteiger charge is -2.30. The van der Waals surface area contributed by atoms with Crippen LogP contribution in [0.15, 0.2) is 72.5 Å². The molecule has 2 aromatic rings. The van der Waals surface area contributed by atoms with E-state index in [-0.39, 0.29) is 5.91 Å². The Morgan fingerprint density at radius 2 is 2.00 bits per heavy atom. The molecule has 156 valence electrons. The minimum Gasteiger partial charge on any atom is -0.493 e. The predicted octanol–water partition coefficient (Wildman–Crippen LogP) is 3.37. The van der Waals surface area contributed by atoms with Crippen molar-refractivity contribution in [2.24, 2.45) is 0 Å². The van der Waals surface area contributed by atoms with Gasteiger partial charge >= 0.3 is 0 Å². The van der Waals surface area contributed by atoms with Crippen LogP contribution in [-0.4, -0.2) is 24.7 Å². The summed E-state index contributed by atoms with van der Waals surface area (Å²) in [6.07, 6.45) is 1.67. The van der Waals surface area contributed by atoms with E-state index >= 15 is 0 Å². The number of carbonyl (C=O) groups excluding carboxylic acids is 1. The summed E-state index contributed by atoms with van der Waals surface area (Å²) in [5, 5.41) is 9.70. The van der Waals surface area contributed by atoms with Crippen molar-refractivity contribution < 1.29 is 14.3 Å². The van der Waals surface area contributed by atoms with Crippen molar-refractivity contribution in [3.05, 3.63) is 83.6 Å². The van der Waals surface area contributed by atoms with Gasteiger partial charge in [0.1, 0.15) is 6.61 Å². The van der Waals surface area contributed by atoms with E-state index in [1.54, 1.807) is 13.2 Å². The van der Waals surface area contributed by atoms with E-state index in [2.05, 4.69) is 22.5 Å². The fraction of sp³-hybridized carbons (Fsp3) is 0.217. The van der Waals surface area contributed by atoms with Crippen LogP contribution in [0.25, 0.3) is 0 Å². The maximum absolute atomic E-state index is 13.1. The van der Waals surface area contributed by atoms with E-state index in [9.17, 15) is 4.79 Å². The van der Waals surface area contributed by atoms with Crippen molar-refractivity contribution in [2.45, 2.75) is 19.5 Å². The summed E-state index contributed by atoms with van der Waals surface area (Å²) in [4.78, 5) is 13.1. The molecule has 2 aromatic carbocycles. The van der Waals surface area contributed by atoms with Gasteiger partial charge in [0.25, 0.3) is 5.91 Å². The number of ether oxygens (including phenoxy) is 2. The number of allylic oxidation sites excluding steroid dienone is 1. The Labute approximate surface area is 182 Å². The number of benzene rings is 2. The largest absolute Gasteiger partial charge is 0.493 e. The first-order valence-electron chi connectivity index (χ1n) is 9.55. The Kier molecular flexibility index (Phi) is 7.08. The Bertz CT molecular complexity index is 973. The van der Waals surface area contributed by atoms with Gasteiger partial charge in [-0.05, 0) is 42.4 Å². The van der Waals surface area contributed by atoms with Gasteiger partial charge in [-0.3, -0.25) is 4.79 Å². The quantitative estimate of drug-likeness (QED) is 0.447. The van der Waals surface area contributed by atoms with Crippen LogP contribution in [-0.2, 0) is 11.3 Å². The number of rotatable bonds is 8. The standard InChI is InChI=1S/C23H25N3O3S/c1-4-12-29-18-11-10-17(13-19(18)28-3)21-20(15(2)25-23(30)26-21)22(27)24-14-16-8-6-5-7-9-16/h4-11,13,21H,1,12,14H2,2-3H3,(H,24,27)(H2,25,26,30)/t21-/m0/s1. The zero-order valence-corrected chi connectivity index (χ0v) is 17.8. The summed E-state index contributed by atoms with van der Waals surface area (Å²) in [6.45, 7) is 6.31. The lowest BCUT2D eigenvalue weighted by atomic mass is 9.94. The second-order valence-corrected chi connectivity index (χ2v) is 7.16. The molecule has 0 unspecified atom stereocenters. The first kappa shape index (κ1) is 21.4. The lowest BCUT2D eigenvalue weighted by molar-refractivity contribution is -0.118. The summed E-state index contributed by atoms with van der Waals surface area (Å²) in [6, 6.07) is 14.9. The highest BCUT2D eigenvalue weighted by molar-refractivity contribution is 7.80. The first-order valence-corrected chi connectivity index (χ1v) is 9.96. The normalized spacial score (nSPS) is 15.7. The molecular weight excluding hydrogens is 398 g/mol. The minimum absolute atomic E-state index is 0.171. The van der Waals surface area contributed by atoms with Crippen LogP contribution in [0.3, 0.4) is 0 Å². The summed E-state index contributed by atoms with van der Waals surface area (Å²) >= 11 is 5.33. The predicted molar refractivity (Wildman–Crippen MR) is 121 cm³/mol. The Hall–Kier alpha value is -3.32. The van der Waals surface area contributed by atoms with Gasteiger partial charge in [-0.2, -0.15) is 0 Å². The van der Waals surface area contributed by atoms with Crippen LogP contribution in [0.2, 0.25) is 0 Å². The molecule has 0 spiro atoms. The number of hydrogen-bond donors (Lipinski definition) is 3. The van der Waals surface area contributed by atoms with E-state index in [4.69, 9.17) is 21.7 Å². The van der Waals surface area contributed by atoms with Crippen LogP contribution in [0, 0.1) is 0 Å². The van der Waals surface area contributed by atoms with Crippen molar-refractivity contribution in [3.63, 3.8) is 0 Å². The van der Waals surface area contributed by atoms with Gasteiger partial charge < -0.3 is 25.4 Å². The number of nitrogens with one attached hydrogen (secondary N) is 3. The van der Waals surface area contributed by atoms with Crippen LogP contribution >= 0.6 is 12.2 Å². The van der Waals surface area contributed by atoms with Crippen LogP contribution in [0.5, 0.6) is 11.5 Å². The molecule has 1 heterocycles. The molecule has 1 aliphatic rings. The molecule has 3 rings (SSSR count). The van der Waals surface area contributed by atoms with Crippen molar-refractivity contribution in [1.82, 2.24) is 16.0 Å². The molecular formula is C23H25N3O3S. The molecule has 0 radical (unpaired) electrons. The molecule has 0 fully saturated rings. The molecule has 0 saturated carbocycles. The van der Waals surface area contributed by atoms with Gasteiger partial charge in [0, 0.05) is 12.2 Å². The molecule has 3 N–H and O–H groups in total. The van der Waals surface area contributed by atoms with Crippen molar-refractivity contribution in [3.8, 4) is 11.5 Å². The smallest absolute Gasteiger partial charge is 0.251 e. The summed E-state index contributed by atoms with van der Waals surface area (Å²) in [5.41, 5.74) is 3.14. The maximum atomic E-state index is 13.1. The van der Waals surface area contributed by atoms with Gasteiger partial charge in [-0.1, -0.05) is 49.1 Å². The number of methoxy groups -OCH3 is 1. The van der Waals surface area contributed by atoms with E-state index in [1.165, 1.54) is 0 Å². The Balaban J connectivity index is 1.87. The summed E-state index contributed by atoms with van der Waals surface area (Å²) < 4.78 is 11.1. The van der Waals surface area contributed by atoms with Crippen molar-refractivity contribution >= 4 is 23.2 Å². The fourth-order valence-electron chi connectivity index (χ4n) is 3.25. The lowest BCUT2D eigenvalue weighted by Crippen LogP contribution is -2.46. The third kappa shape index (κ3) is 4.99. The van der Waals surface area contributed by atoms with Gasteiger partial charge in [0.15, 0.2) is 16.6 Å². The van der Waals surface area contributed by atoms with E-state index in [1.807, 2.05) is 55.5 Å². The van der Waals surface area contributed by atoms with Crippen LogP contribution in [0.1, 0.15) is 24.1 Å². The molecule has 1 amide bonds. The van der Waals surface area contributed by atoms with Crippen LogP contribution < -0.4 is 25.4 Å². The van der Waals surface area contributed by atoms with Gasteiger partial charge in [0.05, 0.1) is 18.7 Å². The first-order chi connectivity index (χ1) is 14.5. The van der Waals surface area contributed by atoms with E-state index in [0.29, 0.717) is 41.0 Å². The molecule has 0 aromatic heterocycles. The van der Waals surface area contributed by atoms with E-state index in [0.717, 1.165) is 11.1 Å². The van der Waals surface area contributed by atoms with Crippen LogP contribution in [0.4, 0.5) is 0 Å². The number of carbonyl (C=O) groups is 1. The van der Waals surface area contributed by atoms with Gasteiger partial charge in [-0.25, -0.2) is 0 Å². The zero-order chi connectivity index (χ0) is 21.5. The third-order valence-corrected chi connectivity index (χ3v) is 4.91. The number of thiocarbonyl (C=S) groups is 1. The molecule has 0 bridgehead atoms. The molecule has 7 heteroatoms. The molecule has 0 saturated heterocycles. The Morgan fingerprint density at radius 1 is 1.23 bits per heavy atom. The average molecular weight is 424 g/mol. The number of hydrogen-bond acceptors (Lipinski definition) is 4. The van der Waals surface area contributed by atoms with Gasteiger partial charge in [0.2, 0.25) is 0 Å². The summed E-state index contributed by atoms with van der Waals surface area (Å²) in [5.74, 6) is 1.01. The average Bonchev–Trinajstić information content (AvgIpc) is 2.76. The van der Waals surface area contributed by atoms with Crippen molar-refractivity contribution in [1.29, 1.82) is 0 Å². The minimum atomic E-state index is -0.420. The Morgan fingerprint density at radius 3 is 2.70 bits per heavy atom. The highest BCUT2D eigenvalue weighted by Gasteiger charge is 2.30. The zero-order valence-electron chi connectivity index (χ0n) is 17.0. The highest BCUT2D eigenvalue weighted by Crippen LogP contribution is 2.34. The maximum Gasteiger partial charge on any atom is 0.251 e. The summed E-state index contributed by atoms with van der Waals surface area (Å²) in [7, 11) is 1.58. The monoisotopic (exact) mass is 423 g/mol. The molecule has 0 aliphatic carbocycles. The third-order valence-electron chi connectivity index (χ3n) is 4.69. The fourth-order valence-corrected chi connectivity index (χ4v) is 3.52. The second kappa shape index (κ2) is 9.93. The topological polar surface area (TPSA) is 71.6 Å². The van der Waals surface area contributed by atoms with E-state index < -0.39 is 6.04 Å². The second-order valence-electron chi connectivity index (χ2n) is 6.75. The molecule has 1 aliphatic heterocycles. The molecule has 1 atom stereocenters. The van der Waals surface area contributed by atoms with Gasteiger partial charge in [-0.15, -0.1) is 0 Å². The van der Waals surface area contributed by atoms with Crippen molar-refractivity contribution in [2.75, 3.05) is 13.7 Å².